The average Bonchev–Trinajstić information content (AvgIpc) is 3.55. The number of thiophene rings is 1. The summed E-state index contributed by atoms with van der Waals surface area (Å²) in [5, 5.41) is 18.9. The van der Waals surface area contributed by atoms with Crippen molar-refractivity contribution in [2.75, 3.05) is 18.6 Å². The van der Waals surface area contributed by atoms with Crippen molar-refractivity contribution < 1.29 is 38.5 Å². The lowest BCUT2D eigenvalue weighted by Crippen LogP contribution is -2.44. The Morgan fingerprint density at radius 1 is 0.978 bits per heavy atom. The molecule has 0 saturated carbocycles. The minimum Gasteiger partial charge on any atom is -0.484 e. The van der Waals surface area contributed by atoms with Crippen molar-refractivity contribution in [1.29, 1.82) is 0 Å². The number of nitrogens with zero attached hydrogens (tertiary/aromatic N) is 1. The number of hydrogen-bond donors (Lipinski definition) is 2. The number of rotatable bonds is 20. The van der Waals surface area contributed by atoms with Crippen LogP contribution in [0.25, 0.3) is 10.8 Å². The van der Waals surface area contributed by atoms with Crippen LogP contribution in [0.3, 0.4) is 0 Å². The molecule has 3 aromatic rings. The summed E-state index contributed by atoms with van der Waals surface area (Å²) in [7, 11) is 0. The van der Waals surface area contributed by atoms with E-state index in [1.54, 1.807) is 11.3 Å². The molecule has 1 heterocycles. The van der Waals surface area contributed by atoms with Gasteiger partial charge < -0.3 is 29.7 Å². The second-order valence-corrected chi connectivity index (χ2v) is 12.5. The van der Waals surface area contributed by atoms with Gasteiger partial charge in [-0.3, -0.25) is 4.79 Å². The summed E-state index contributed by atoms with van der Waals surface area (Å²) in [4.78, 5) is 53.5. The molecule has 4 atom stereocenters. The molecule has 250 valence electrons. The molecule has 3 rings (SSSR count). The summed E-state index contributed by atoms with van der Waals surface area (Å²) in [6.45, 7) is 3.24. The first-order valence-corrected chi connectivity index (χ1v) is 17.3. The molecule has 1 aromatic heterocycles. The number of carbonyl (C=O) groups is 3. The van der Waals surface area contributed by atoms with Crippen molar-refractivity contribution in [3.63, 3.8) is 0 Å². The highest BCUT2D eigenvalue weighted by molar-refractivity contribution is 7.98. The van der Waals surface area contributed by atoms with Crippen molar-refractivity contribution in [2.24, 2.45) is 0 Å². The number of unbranched alkanes of at least 4 members (excludes halogenated alkanes) is 2. The summed E-state index contributed by atoms with van der Waals surface area (Å²) in [6, 6.07) is 16.6. The van der Waals surface area contributed by atoms with Crippen molar-refractivity contribution in [3.8, 4) is 5.75 Å². The Balaban J connectivity index is 1.49. The van der Waals surface area contributed by atoms with Crippen LogP contribution in [0.4, 0.5) is 4.79 Å². The number of hydrogen-bond acceptors (Lipinski definition) is 11. The number of amides is 2. The van der Waals surface area contributed by atoms with Gasteiger partial charge in [0.15, 0.2) is 0 Å². The van der Waals surface area contributed by atoms with Gasteiger partial charge in [-0.15, -0.1) is 21.5 Å². The van der Waals surface area contributed by atoms with Gasteiger partial charge in [-0.05, 0) is 61.1 Å². The van der Waals surface area contributed by atoms with Gasteiger partial charge in [0, 0.05) is 36.1 Å². The molecule has 0 saturated heterocycles. The Hall–Kier alpha value is -4.04. The van der Waals surface area contributed by atoms with Crippen LogP contribution < -0.4 is 15.4 Å². The summed E-state index contributed by atoms with van der Waals surface area (Å²) >= 11 is 3.08. The first-order valence-electron chi connectivity index (χ1n) is 15.1. The van der Waals surface area contributed by atoms with Crippen LogP contribution in [0.1, 0.15) is 63.4 Å². The van der Waals surface area contributed by atoms with Gasteiger partial charge in [-0.25, -0.2) is 9.59 Å². The lowest BCUT2D eigenvalue weighted by atomic mass is 10.1. The van der Waals surface area contributed by atoms with Crippen molar-refractivity contribution in [3.05, 3.63) is 75.0 Å². The first kappa shape index (κ1) is 36.4. The molecule has 2 aromatic carbocycles. The fraction of sp³-hybridized carbons (Fsp3) is 0.469. The highest BCUT2D eigenvalue weighted by atomic mass is 32.2. The maximum atomic E-state index is 12.9. The number of benzene rings is 2. The van der Waals surface area contributed by atoms with Crippen LogP contribution in [-0.4, -0.2) is 60.0 Å². The van der Waals surface area contributed by atoms with Gasteiger partial charge in [-0.2, -0.15) is 11.8 Å². The summed E-state index contributed by atoms with van der Waals surface area (Å²) < 4.78 is 17.1. The van der Waals surface area contributed by atoms with Crippen LogP contribution in [-0.2, 0) is 23.9 Å². The van der Waals surface area contributed by atoms with E-state index in [1.165, 1.54) is 18.7 Å². The number of thioether (sulfide) groups is 1. The molecule has 0 aliphatic rings. The van der Waals surface area contributed by atoms with E-state index in [0.717, 1.165) is 21.4 Å². The number of esters is 1. The highest BCUT2D eigenvalue weighted by Gasteiger charge is 2.26. The lowest BCUT2D eigenvalue weighted by molar-refractivity contribution is -0.757. The van der Waals surface area contributed by atoms with E-state index >= 15 is 0 Å². The quantitative estimate of drug-likeness (QED) is 0.0450. The second-order valence-electron chi connectivity index (χ2n) is 10.6. The maximum Gasteiger partial charge on any atom is 0.410 e. The van der Waals surface area contributed by atoms with E-state index in [4.69, 9.17) is 14.2 Å². The molecular formula is C32H41N3O9S2. The fourth-order valence-electron chi connectivity index (χ4n) is 4.64. The summed E-state index contributed by atoms with van der Waals surface area (Å²) in [5.41, 5.74) is 0. The largest absolute Gasteiger partial charge is 0.484 e. The van der Waals surface area contributed by atoms with E-state index in [1.807, 2.05) is 73.2 Å². The van der Waals surface area contributed by atoms with Crippen LogP contribution in [0.2, 0.25) is 0 Å². The highest BCUT2D eigenvalue weighted by Crippen LogP contribution is 2.33. The van der Waals surface area contributed by atoms with Crippen LogP contribution in [0, 0.1) is 10.1 Å². The number of carbonyl (C=O) groups excluding carboxylic acids is 3. The van der Waals surface area contributed by atoms with Gasteiger partial charge in [0.25, 0.3) is 5.09 Å². The zero-order valence-corrected chi connectivity index (χ0v) is 27.8. The van der Waals surface area contributed by atoms with Crippen LogP contribution >= 0.6 is 23.1 Å². The summed E-state index contributed by atoms with van der Waals surface area (Å²) in [5.74, 6) is 0.288. The molecule has 0 aliphatic heterocycles. The van der Waals surface area contributed by atoms with Gasteiger partial charge in [-0.1, -0.05) is 48.9 Å². The third-order valence-electron chi connectivity index (χ3n) is 6.84. The molecule has 0 bridgehead atoms. The van der Waals surface area contributed by atoms with Crippen molar-refractivity contribution in [1.82, 2.24) is 10.6 Å². The molecule has 3 unspecified atom stereocenters. The van der Waals surface area contributed by atoms with Crippen LogP contribution in [0.5, 0.6) is 5.75 Å². The average molecular weight is 676 g/mol. The monoisotopic (exact) mass is 675 g/mol. The Labute approximate surface area is 276 Å². The SMILES string of the molecule is CSCCC(NC(=O)CCCCCO[N+](=O)[O-])C(=O)OC(C)OC(=O)NC(C)C[C@H](Oc1cccc2ccccc12)c1cccs1. The zero-order valence-electron chi connectivity index (χ0n) is 26.2. The van der Waals surface area contributed by atoms with E-state index < -0.39 is 29.5 Å². The molecule has 14 heteroatoms. The van der Waals surface area contributed by atoms with E-state index in [9.17, 15) is 24.5 Å². The molecule has 2 N–H and O–H groups in total. The fourth-order valence-corrected chi connectivity index (χ4v) is 5.88. The van der Waals surface area contributed by atoms with Gasteiger partial charge >= 0.3 is 12.1 Å². The number of nitrogens with one attached hydrogen (secondary N) is 2. The molecule has 12 nitrogen and oxygen atoms in total. The number of fused-ring (bicyclic) bond motifs is 1. The Morgan fingerprint density at radius 3 is 2.50 bits per heavy atom. The van der Waals surface area contributed by atoms with Gasteiger partial charge in [0.1, 0.15) is 17.9 Å². The van der Waals surface area contributed by atoms with E-state index in [-0.39, 0.29) is 31.1 Å². The second kappa shape index (κ2) is 19.5. The standard InChI is InChI=1S/C32H41N3O9S2/c1-22(21-28(29-15-10-19-46-29)44-27-14-9-12-24-11-6-7-13-25(24)27)33-32(38)43-23(2)42-31(37)26(17-20-45-3)34-30(36)16-5-4-8-18-41-35(39)40/h6-7,9-15,19,22-23,26,28H,4-5,8,16-18,20-21H2,1-3H3,(H,33,38)(H,34,36)/t22?,23?,26?,28-/m0/s1. The molecule has 46 heavy (non-hydrogen) atoms. The number of ether oxygens (including phenoxy) is 3. The molecule has 0 spiro atoms. The third kappa shape index (κ3) is 12.8. The normalized spacial score (nSPS) is 13.5. The van der Waals surface area contributed by atoms with Gasteiger partial charge in [0.2, 0.25) is 12.2 Å². The van der Waals surface area contributed by atoms with Crippen molar-refractivity contribution >= 4 is 51.8 Å². The Morgan fingerprint density at radius 2 is 1.76 bits per heavy atom. The van der Waals surface area contributed by atoms with Gasteiger partial charge in [0.05, 0.1) is 6.61 Å². The molecule has 0 aliphatic carbocycles. The first-order chi connectivity index (χ1) is 22.2. The van der Waals surface area contributed by atoms with Crippen LogP contribution in [0.15, 0.2) is 60.0 Å². The topological polar surface area (TPSA) is 155 Å². The zero-order chi connectivity index (χ0) is 33.3. The van der Waals surface area contributed by atoms with E-state index in [0.29, 0.717) is 37.9 Å². The Kier molecular flexibility index (Phi) is 15.4. The third-order valence-corrected chi connectivity index (χ3v) is 8.45. The predicted octanol–water partition coefficient (Wildman–Crippen LogP) is 6.42. The summed E-state index contributed by atoms with van der Waals surface area (Å²) in [6.07, 6.45) is 2.01. The Bertz CT molecular complexity index is 1400. The molecule has 0 fully saturated rings. The maximum absolute atomic E-state index is 12.9. The predicted molar refractivity (Wildman–Crippen MR) is 177 cm³/mol. The van der Waals surface area contributed by atoms with Crippen molar-refractivity contribution in [2.45, 2.75) is 76.9 Å². The minimum atomic E-state index is -1.20. The lowest BCUT2D eigenvalue weighted by Gasteiger charge is -2.24. The van der Waals surface area contributed by atoms with E-state index in [2.05, 4.69) is 15.5 Å². The molecule has 0 radical (unpaired) electrons. The molecule has 2 amide bonds. The smallest absolute Gasteiger partial charge is 0.410 e. The minimum absolute atomic E-state index is 0.0321. The molecular weight excluding hydrogens is 634 g/mol. The number of alkyl carbamates (subject to hydrolysis) is 1.